The number of nitrogens with one attached hydrogen (secondary N) is 2. The summed E-state index contributed by atoms with van der Waals surface area (Å²) in [6.45, 7) is 0.914. The molecule has 0 bridgehead atoms. The molecule has 1 aliphatic heterocycles. The van der Waals surface area contributed by atoms with E-state index in [-0.39, 0.29) is 11.9 Å². The zero-order chi connectivity index (χ0) is 14.4. The summed E-state index contributed by atoms with van der Waals surface area (Å²) in [5, 5.41) is 6.62. The van der Waals surface area contributed by atoms with Crippen molar-refractivity contribution in [3.05, 3.63) is 34.9 Å². The van der Waals surface area contributed by atoms with Crippen LogP contribution in [0.25, 0.3) is 0 Å². The van der Waals surface area contributed by atoms with Gasteiger partial charge >= 0.3 is 0 Å². The van der Waals surface area contributed by atoms with Crippen molar-refractivity contribution in [3.8, 4) is 0 Å². The normalized spacial score (nSPS) is 21.9. The molecule has 1 aromatic carbocycles. The molecule has 1 amide bonds. The van der Waals surface area contributed by atoms with Gasteiger partial charge in [-0.1, -0.05) is 23.7 Å². The molecule has 0 spiro atoms. The Morgan fingerprint density at radius 2 is 2.15 bits per heavy atom. The number of aryl methyl sites for hydroxylation is 1. The Kier molecular flexibility index (Phi) is 5.80. The number of alkyl halides is 1. The summed E-state index contributed by atoms with van der Waals surface area (Å²) in [4.78, 5) is 11.7. The van der Waals surface area contributed by atoms with E-state index >= 15 is 0 Å². The van der Waals surface area contributed by atoms with Crippen molar-refractivity contribution in [2.75, 3.05) is 13.1 Å². The van der Waals surface area contributed by atoms with E-state index in [9.17, 15) is 9.18 Å². The second-order valence-corrected chi connectivity index (χ2v) is 5.66. The minimum absolute atomic E-state index is 0.0306. The van der Waals surface area contributed by atoms with Crippen molar-refractivity contribution in [2.45, 2.75) is 37.9 Å². The first-order valence-electron chi connectivity index (χ1n) is 7.02. The Hall–Kier alpha value is -1.13. The first-order chi connectivity index (χ1) is 9.63. The average molecular weight is 299 g/mol. The molecule has 3 nitrogen and oxygen atoms in total. The molecule has 1 fully saturated rings. The molecule has 5 heteroatoms. The summed E-state index contributed by atoms with van der Waals surface area (Å²) in [5.41, 5.74) is 1.18. The van der Waals surface area contributed by atoms with Crippen LogP contribution in [0.1, 0.15) is 24.8 Å². The van der Waals surface area contributed by atoms with Crippen LogP contribution in [-0.4, -0.2) is 31.2 Å². The highest BCUT2D eigenvalue weighted by Gasteiger charge is 2.23. The number of hydrogen-bond donors (Lipinski definition) is 2. The van der Waals surface area contributed by atoms with E-state index < -0.39 is 6.17 Å². The standard InChI is InChI=1S/C15H20ClFN2O/c16-12-6-4-11(5-7-12)2-1-3-15(20)19-10-14-8-13(17)9-18-14/h4-7,13-14,18H,1-3,8-10H2,(H,19,20)/t13-,14-/m0/s1. The van der Waals surface area contributed by atoms with Gasteiger partial charge in [-0.15, -0.1) is 0 Å². The fourth-order valence-electron chi connectivity index (χ4n) is 2.36. The van der Waals surface area contributed by atoms with Crippen molar-refractivity contribution >= 4 is 17.5 Å². The number of benzene rings is 1. The van der Waals surface area contributed by atoms with Gasteiger partial charge in [-0.25, -0.2) is 4.39 Å². The molecule has 1 aromatic rings. The van der Waals surface area contributed by atoms with Crippen molar-refractivity contribution in [1.29, 1.82) is 0 Å². The summed E-state index contributed by atoms with van der Waals surface area (Å²) in [7, 11) is 0. The molecule has 1 heterocycles. The number of amides is 1. The fourth-order valence-corrected chi connectivity index (χ4v) is 2.48. The molecule has 0 radical (unpaired) electrons. The van der Waals surface area contributed by atoms with Crippen molar-refractivity contribution < 1.29 is 9.18 Å². The van der Waals surface area contributed by atoms with Gasteiger partial charge in [-0.2, -0.15) is 0 Å². The SMILES string of the molecule is O=C(CCCc1ccc(Cl)cc1)NC[C@@H]1C[C@H](F)CN1. The molecule has 2 rings (SSSR count). The van der Waals surface area contributed by atoms with Crippen LogP contribution in [0.15, 0.2) is 24.3 Å². The van der Waals surface area contributed by atoms with E-state index in [2.05, 4.69) is 10.6 Å². The third kappa shape index (κ3) is 5.10. The van der Waals surface area contributed by atoms with Crippen LogP contribution in [0.2, 0.25) is 5.02 Å². The fraction of sp³-hybridized carbons (Fsp3) is 0.533. The summed E-state index contributed by atoms with van der Waals surface area (Å²) in [6.07, 6.45) is 1.87. The van der Waals surface area contributed by atoms with Crippen molar-refractivity contribution in [2.24, 2.45) is 0 Å². The summed E-state index contributed by atoms with van der Waals surface area (Å²) in [5.74, 6) is 0.0306. The van der Waals surface area contributed by atoms with Crippen LogP contribution in [0.5, 0.6) is 0 Å². The second kappa shape index (κ2) is 7.60. The van der Waals surface area contributed by atoms with E-state index in [1.54, 1.807) is 0 Å². The molecule has 0 aliphatic carbocycles. The Labute approximate surface area is 123 Å². The molecule has 2 N–H and O–H groups in total. The van der Waals surface area contributed by atoms with Crippen LogP contribution < -0.4 is 10.6 Å². The maximum atomic E-state index is 12.9. The van der Waals surface area contributed by atoms with Gasteiger partial charge in [0.1, 0.15) is 6.17 Å². The molecule has 0 unspecified atom stereocenters. The number of carbonyl (C=O) groups is 1. The Morgan fingerprint density at radius 1 is 1.40 bits per heavy atom. The average Bonchev–Trinajstić information content (AvgIpc) is 2.85. The van der Waals surface area contributed by atoms with Gasteiger partial charge < -0.3 is 10.6 Å². The van der Waals surface area contributed by atoms with Crippen LogP contribution in [0.4, 0.5) is 4.39 Å². The minimum Gasteiger partial charge on any atom is -0.355 e. The van der Waals surface area contributed by atoms with Gasteiger partial charge in [0.25, 0.3) is 0 Å². The lowest BCUT2D eigenvalue weighted by atomic mass is 10.1. The summed E-state index contributed by atoms with van der Waals surface area (Å²) >= 11 is 5.81. The third-order valence-corrected chi connectivity index (χ3v) is 3.75. The van der Waals surface area contributed by atoms with E-state index in [1.807, 2.05) is 24.3 Å². The number of hydrogen-bond acceptors (Lipinski definition) is 2. The van der Waals surface area contributed by atoms with Gasteiger partial charge in [0.05, 0.1) is 0 Å². The molecule has 0 saturated carbocycles. The van der Waals surface area contributed by atoms with Crippen molar-refractivity contribution in [1.82, 2.24) is 10.6 Å². The second-order valence-electron chi connectivity index (χ2n) is 5.22. The molecular weight excluding hydrogens is 279 g/mol. The van der Waals surface area contributed by atoms with Gasteiger partial charge in [-0.05, 0) is 37.0 Å². The first-order valence-corrected chi connectivity index (χ1v) is 7.40. The zero-order valence-electron chi connectivity index (χ0n) is 11.4. The number of carbonyl (C=O) groups excluding carboxylic acids is 1. The van der Waals surface area contributed by atoms with Gasteiger partial charge in [-0.3, -0.25) is 4.79 Å². The predicted octanol–water partition coefficient (Wildman–Crippen LogP) is 2.48. The van der Waals surface area contributed by atoms with Crippen LogP contribution in [-0.2, 0) is 11.2 Å². The Bertz CT molecular complexity index is 438. The molecular formula is C15H20ClFN2O. The van der Waals surface area contributed by atoms with E-state index in [0.29, 0.717) is 25.9 Å². The smallest absolute Gasteiger partial charge is 0.220 e. The lowest BCUT2D eigenvalue weighted by Gasteiger charge is -2.11. The molecule has 0 aromatic heterocycles. The van der Waals surface area contributed by atoms with Gasteiger partial charge in [0.15, 0.2) is 0 Å². The quantitative estimate of drug-likeness (QED) is 0.847. The molecule has 110 valence electrons. The Balaban J connectivity index is 1.59. The highest BCUT2D eigenvalue weighted by atomic mass is 35.5. The van der Waals surface area contributed by atoms with Crippen LogP contribution in [0, 0.1) is 0 Å². The monoisotopic (exact) mass is 298 g/mol. The maximum absolute atomic E-state index is 12.9. The summed E-state index contributed by atoms with van der Waals surface area (Å²) in [6, 6.07) is 7.74. The molecule has 2 atom stereocenters. The highest BCUT2D eigenvalue weighted by molar-refractivity contribution is 6.30. The maximum Gasteiger partial charge on any atom is 0.220 e. The zero-order valence-corrected chi connectivity index (χ0v) is 12.1. The lowest BCUT2D eigenvalue weighted by Crippen LogP contribution is -2.37. The first kappa shape index (κ1) is 15.3. The minimum atomic E-state index is -0.776. The molecule has 1 aliphatic rings. The molecule has 1 saturated heterocycles. The van der Waals surface area contributed by atoms with Crippen LogP contribution >= 0.6 is 11.6 Å². The van der Waals surface area contributed by atoms with Gasteiger partial charge in [0.2, 0.25) is 5.91 Å². The van der Waals surface area contributed by atoms with E-state index in [1.165, 1.54) is 5.56 Å². The largest absolute Gasteiger partial charge is 0.355 e. The lowest BCUT2D eigenvalue weighted by molar-refractivity contribution is -0.121. The van der Waals surface area contributed by atoms with E-state index in [4.69, 9.17) is 11.6 Å². The predicted molar refractivity (Wildman–Crippen MR) is 78.7 cm³/mol. The Morgan fingerprint density at radius 3 is 2.80 bits per heavy atom. The third-order valence-electron chi connectivity index (χ3n) is 3.50. The van der Waals surface area contributed by atoms with Gasteiger partial charge in [0, 0.05) is 30.6 Å². The number of halogens is 2. The molecule has 20 heavy (non-hydrogen) atoms. The van der Waals surface area contributed by atoms with Crippen LogP contribution in [0.3, 0.4) is 0 Å². The van der Waals surface area contributed by atoms with E-state index in [0.717, 1.165) is 17.9 Å². The summed E-state index contributed by atoms with van der Waals surface area (Å²) < 4.78 is 12.9. The number of rotatable bonds is 6. The van der Waals surface area contributed by atoms with Crippen molar-refractivity contribution in [3.63, 3.8) is 0 Å². The highest BCUT2D eigenvalue weighted by Crippen LogP contribution is 2.12. The topological polar surface area (TPSA) is 41.1 Å².